The average Bonchev–Trinajstić information content (AvgIpc) is 2.73. The minimum atomic E-state index is -4.34. The van der Waals surface area contributed by atoms with E-state index in [2.05, 4.69) is 22.8 Å². The van der Waals surface area contributed by atoms with Gasteiger partial charge in [-0.05, 0) is 67.5 Å². The summed E-state index contributed by atoms with van der Waals surface area (Å²) < 4.78 is 31.6. The van der Waals surface area contributed by atoms with Gasteiger partial charge in [0, 0.05) is 11.9 Å². The average molecular weight is 426 g/mol. The van der Waals surface area contributed by atoms with Crippen LogP contribution in [0, 0.1) is 11.3 Å². The number of carbonyl (C=O) groups excluding carboxylic acids is 1. The molecule has 0 saturated heterocycles. The number of hydrogen-bond acceptors (Lipinski definition) is 5. The Kier molecular flexibility index (Phi) is 6.55. The fourth-order valence-corrected chi connectivity index (χ4v) is 3.96. The number of aryl methyl sites for hydroxylation is 2. The van der Waals surface area contributed by atoms with Gasteiger partial charge in [0.2, 0.25) is 0 Å². The zero-order valence-corrected chi connectivity index (χ0v) is 17.4. The van der Waals surface area contributed by atoms with E-state index >= 15 is 0 Å². The third kappa shape index (κ3) is 5.26. The normalized spacial score (nSPS) is 14.9. The third-order valence-electron chi connectivity index (χ3n) is 5.10. The molecule has 3 rings (SSSR count). The molecule has 0 saturated carbocycles. The topological polar surface area (TPSA) is 119 Å². The fourth-order valence-electron chi connectivity index (χ4n) is 3.43. The van der Waals surface area contributed by atoms with Crippen molar-refractivity contribution in [3.63, 3.8) is 0 Å². The Labute approximate surface area is 176 Å². The molecule has 1 unspecified atom stereocenters. The van der Waals surface area contributed by atoms with Crippen molar-refractivity contribution in [3.8, 4) is 6.07 Å². The molecule has 1 aliphatic carbocycles. The lowest BCUT2D eigenvalue weighted by atomic mass is 9.89. The number of nitrogens with one attached hydrogen (secondary N) is 2. The Morgan fingerprint density at radius 3 is 2.60 bits per heavy atom. The highest BCUT2D eigenvalue weighted by molar-refractivity contribution is 7.85. The summed E-state index contributed by atoms with van der Waals surface area (Å²) in [6.07, 6.45) is 5.71. The predicted octanol–water partition coefficient (Wildman–Crippen LogP) is 3.51. The second-order valence-electron chi connectivity index (χ2n) is 7.25. The van der Waals surface area contributed by atoms with Crippen LogP contribution in [0.15, 0.2) is 59.1 Å². The largest absolute Gasteiger partial charge is 0.360 e. The Hall–Kier alpha value is -3.15. The number of amides is 1. The van der Waals surface area contributed by atoms with Crippen molar-refractivity contribution in [3.05, 3.63) is 70.9 Å². The van der Waals surface area contributed by atoms with E-state index in [1.54, 1.807) is 6.07 Å². The standard InChI is InChI=1S/C22H23N3O4S/c1-15(17-10-9-16-5-2-3-6-18(16)11-17)25-22(26)19(13-23)14-24-20-7-4-8-21(12-20)30(27,28)29/h4,7-12,14-15,24H,2-3,5-6H2,1H3,(H,25,26)(H,27,28,29)/b19-14-. The number of hydrogen-bond donors (Lipinski definition) is 3. The van der Waals surface area contributed by atoms with E-state index in [1.807, 2.05) is 19.1 Å². The van der Waals surface area contributed by atoms with E-state index in [4.69, 9.17) is 4.55 Å². The zero-order chi connectivity index (χ0) is 21.7. The van der Waals surface area contributed by atoms with Crippen molar-refractivity contribution in [2.75, 3.05) is 5.32 Å². The molecular formula is C22H23N3O4S. The van der Waals surface area contributed by atoms with Gasteiger partial charge in [-0.3, -0.25) is 9.35 Å². The smallest absolute Gasteiger partial charge is 0.294 e. The molecule has 0 aromatic heterocycles. The summed E-state index contributed by atoms with van der Waals surface area (Å²) in [6, 6.07) is 13.2. The van der Waals surface area contributed by atoms with Crippen molar-refractivity contribution in [1.29, 1.82) is 5.26 Å². The van der Waals surface area contributed by atoms with Crippen molar-refractivity contribution < 1.29 is 17.8 Å². The molecule has 0 spiro atoms. The molecule has 30 heavy (non-hydrogen) atoms. The number of nitriles is 1. The van der Waals surface area contributed by atoms with Gasteiger partial charge in [-0.15, -0.1) is 0 Å². The van der Waals surface area contributed by atoms with Crippen LogP contribution in [-0.4, -0.2) is 18.9 Å². The lowest BCUT2D eigenvalue weighted by Crippen LogP contribution is -2.28. The van der Waals surface area contributed by atoms with E-state index in [9.17, 15) is 18.5 Å². The molecule has 0 bridgehead atoms. The molecule has 2 aromatic carbocycles. The molecule has 0 fully saturated rings. The van der Waals surface area contributed by atoms with Crippen molar-refractivity contribution >= 4 is 21.7 Å². The predicted molar refractivity (Wildman–Crippen MR) is 113 cm³/mol. The van der Waals surface area contributed by atoms with Gasteiger partial charge in [-0.25, -0.2) is 0 Å². The molecule has 0 radical (unpaired) electrons. The summed E-state index contributed by atoms with van der Waals surface area (Å²) in [7, 11) is -4.34. The van der Waals surface area contributed by atoms with Gasteiger partial charge in [0.1, 0.15) is 11.6 Å². The summed E-state index contributed by atoms with van der Waals surface area (Å²) in [5.74, 6) is -0.541. The van der Waals surface area contributed by atoms with E-state index < -0.39 is 16.0 Å². The molecule has 156 valence electrons. The van der Waals surface area contributed by atoms with Crippen molar-refractivity contribution in [1.82, 2.24) is 5.32 Å². The van der Waals surface area contributed by atoms with Gasteiger partial charge in [0.15, 0.2) is 0 Å². The van der Waals surface area contributed by atoms with E-state index in [0.717, 1.165) is 18.4 Å². The molecule has 1 amide bonds. The third-order valence-corrected chi connectivity index (χ3v) is 5.95. The maximum Gasteiger partial charge on any atom is 0.294 e. The Balaban J connectivity index is 1.69. The summed E-state index contributed by atoms with van der Waals surface area (Å²) in [4.78, 5) is 12.2. The number of rotatable bonds is 6. The first-order valence-corrected chi connectivity index (χ1v) is 11.1. The number of nitrogens with zero attached hydrogens (tertiary/aromatic N) is 1. The van der Waals surface area contributed by atoms with Crippen LogP contribution in [0.5, 0.6) is 0 Å². The van der Waals surface area contributed by atoms with Crippen LogP contribution in [0.4, 0.5) is 5.69 Å². The van der Waals surface area contributed by atoms with Gasteiger partial charge in [-0.1, -0.05) is 24.3 Å². The van der Waals surface area contributed by atoms with Gasteiger partial charge < -0.3 is 10.6 Å². The first kappa shape index (κ1) is 21.6. The molecule has 8 heteroatoms. The van der Waals surface area contributed by atoms with Crippen LogP contribution >= 0.6 is 0 Å². The number of benzene rings is 2. The number of anilines is 1. The highest BCUT2D eigenvalue weighted by Crippen LogP contribution is 2.25. The molecule has 0 heterocycles. The van der Waals surface area contributed by atoms with Gasteiger partial charge >= 0.3 is 0 Å². The maximum absolute atomic E-state index is 12.5. The second-order valence-corrected chi connectivity index (χ2v) is 8.67. The minimum Gasteiger partial charge on any atom is -0.360 e. The molecule has 7 nitrogen and oxygen atoms in total. The molecular weight excluding hydrogens is 402 g/mol. The van der Waals surface area contributed by atoms with Gasteiger partial charge in [0.05, 0.1) is 10.9 Å². The Morgan fingerprint density at radius 1 is 1.17 bits per heavy atom. The zero-order valence-electron chi connectivity index (χ0n) is 16.6. The summed E-state index contributed by atoms with van der Waals surface area (Å²) >= 11 is 0. The summed E-state index contributed by atoms with van der Waals surface area (Å²) in [5.41, 5.74) is 3.81. The Bertz CT molecular complexity index is 1130. The first-order valence-electron chi connectivity index (χ1n) is 9.65. The minimum absolute atomic E-state index is 0.155. The van der Waals surface area contributed by atoms with Crippen LogP contribution in [0.3, 0.4) is 0 Å². The van der Waals surface area contributed by atoms with Gasteiger partial charge in [-0.2, -0.15) is 13.7 Å². The highest BCUT2D eigenvalue weighted by atomic mass is 32.2. The SMILES string of the molecule is CC(NC(=O)/C(C#N)=C\Nc1cccc(S(=O)(=O)O)c1)c1ccc2c(c1)CCCC2. The molecule has 0 aliphatic heterocycles. The molecule has 3 N–H and O–H groups in total. The second kappa shape index (κ2) is 9.11. The van der Waals surface area contributed by atoms with E-state index in [-0.39, 0.29) is 16.5 Å². The fraction of sp³-hybridized carbons (Fsp3) is 0.273. The lowest BCUT2D eigenvalue weighted by molar-refractivity contribution is -0.117. The summed E-state index contributed by atoms with van der Waals surface area (Å²) in [6.45, 7) is 1.86. The molecule has 1 atom stereocenters. The quantitative estimate of drug-likeness (QED) is 0.370. The lowest BCUT2D eigenvalue weighted by Gasteiger charge is -2.20. The highest BCUT2D eigenvalue weighted by Gasteiger charge is 2.16. The van der Waals surface area contributed by atoms with Crippen LogP contribution in [0.2, 0.25) is 0 Å². The summed E-state index contributed by atoms with van der Waals surface area (Å²) in [5, 5.41) is 14.9. The number of carbonyl (C=O) groups is 1. The maximum atomic E-state index is 12.5. The van der Waals surface area contributed by atoms with Gasteiger partial charge in [0.25, 0.3) is 16.0 Å². The molecule has 1 aliphatic rings. The molecule has 2 aromatic rings. The first-order chi connectivity index (χ1) is 14.3. The Morgan fingerprint density at radius 2 is 1.90 bits per heavy atom. The van der Waals surface area contributed by atoms with E-state index in [1.165, 1.54) is 48.4 Å². The van der Waals surface area contributed by atoms with Crippen LogP contribution in [0.25, 0.3) is 0 Å². The van der Waals surface area contributed by atoms with Crippen LogP contribution < -0.4 is 10.6 Å². The van der Waals surface area contributed by atoms with Crippen molar-refractivity contribution in [2.45, 2.75) is 43.5 Å². The monoisotopic (exact) mass is 425 g/mol. The number of fused-ring (bicyclic) bond motifs is 1. The van der Waals surface area contributed by atoms with Crippen molar-refractivity contribution in [2.24, 2.45) is 0 Å². The van der Waals surface area contributed by atoms with Crippen LogP contribution in [0.1, 0.15) is 42.5 Å². The van der Waals surface area contributed by atoms with E-state index in [0.29, 0.717) is 5.69 Å². The van der Waals surface area contributed by atoms with Crippen LogP contribution in [-0.2, 0) is 27.8 Å².